The van der Waals surface area contributed by atoms with Crippen molar-refractivity contribution in [3.8, 4) is 10.4 Å². The molecule has 3 amide bonds. The van der Waals surface area contributed by atoms with Gasteiger partial charge in [-0.05, 0) is 29.8 Å². The van der Waals surface area contributed by atoms with E-state index in [-0.39, 0.29) is 6.42 Å². The second-order valence-electron chi connectivity index (χ2n) is 6.58. The molecule has 1 aromatic carbocycles. The van der Waals surface area contributed by atoms with E-state index >= 15 is 0 Å². The molecule has 30 heavy (non-hydrogen) atoms. The smallest absolute Gasteiger partial charge is 0.316 e. The number of nitrogens with zero attached hydrogens (tertiary/aromatic N) is 1. The maximum absolute atomic E-state index is 12.4. The largest absolute Gasteiger partial charge is 0.481 e. The molecule has 3 N–H and O–H groups in total. The van der Waals surface area contributed by atoms with Gasteiger partial charge in [-0.3, -0.25) is 14.4 Å². The van der Waals surface area contributed by atoms with Crippen molar-refractivity contribution < 1.29 is 24.3 Å². The highest BCUT2D eigenvalue weighted by Crippen LogP contribution is 2.33. The van der Waals surface area contributed by atoms with Crippen LogP contribution in [0.5, 0.6) is 0 Å². The van der Waals surface area contributed by atoms with Crippen LogP contribution in [0.1, 0.15) is 17.3 Å². The van der Waals surface area contributed by atoms with E-state index < -0.39 is 35.8 Å². The fourth-order valence-corrected chi connectivity index (χ4v) is 4.12. The molecule has 1 aliphatic rings. The van der Waals surface area contributed by atoms with E-state index in [4.69, 9.17) is 11.6 Å². The Balaban J connectivity index is 1.76. The minimum absolute atomic E-state index is 0.366. The van der Waals surface area contributed by atoms with Crippen molar-refractivity contribution in [3.63, 3.8) is 0 Å². The van der Waals surface area contributed by atoms with Gasteiger partial charge in [-0.15, -0.1) is 11.3 Å². The number of likely N-dealkylation sites (N-methyl/N-ethyl adjacent to an activating group) is 1. The number of carbonyl (C=O) groups excluding carboxylic acids is 3. The Morgan fingerprint density at radius 2 is 2.03 bits per heavy atom. The number of benzene rings is 1. The van der Waals surface area contributed by atoms with Gasteiger partial charge in [0.05, 0.1) is 12.5 Å². The number of carboxylic acid groups (broad SMARTS) is 1. The van der Waals surface area contributed by atoms with Crippen LogP contribution in [-0.4, -0.2) is 46.8 Å². The number of nitrogens with one attached hydrogen (secondary N) is 2. The summed E-state index contributed by atoms with van der Waals surface area (Å²) in [5.74, 6) is -2.24. The monoisotopic (exact) mass is 447 g/mol. The second-order valence-corrected chi connectivity index (χ2v) is 8.13. The van der Waals surface area contributed by atoms with E-state index in [1.54, 1.807) is 24.3 Å². The first-order valence-electron chi connectivity index (χ1n) is 8.88. The molecule has 10 heteroatoms. The van der Waals surface area contributed by atoms with Crippen molar-refractivity contribution in [2.24, 2.45) is 0 Å². The number of urea groups is 1. The lowest BCUT2D eigenvalue weighted by Gasteiger charge is -2.25. The molecule has 0 bridgehead atoms. The number of carbonyl (C=O) groups is 4. The Morgan fingerprint density at radius 3 is 2.73 bits per heavy atom. The van der Waals surface area contributed by atoms with Gasteiger partial charge in [-0.25, -0.2) is 4.79 Å². The van der Waals surface area contributed by atoms with Crippen molar-refractivity contribution >= 4 is 46.6 Å². The quantitative estimate of drug-likeness (QED) is 0.589. The molecule has 0 saturated carbocycles. The van der Waals surface area contributed by atoms with Crippen molar-refractivity contribution in [1.82, 2.24) is 15.5 Å². The molecule has 2 heterocycles. The molecular weight excluding hydrogens is 430 g/mol. The van der Waals surface area contributed by atoms with Crippen LogP contribution < -0.4 is 10.6 Å². The predicted molar refractivity (Wildman–Crippen MR) is 112 cm³/mol. The van der Waals surface area contributed by atoms with E-state index in [2.05, 4.69) is 10.6 Å². The second kappa shape index (κ2) is 9.10. The average molecular weight is 448 g/mol. The maximum atomic E-state index is 12.4. The molecule has 1 aliphatic heterocycles. The van der Waals surface area contributed by atoms with Crippen molar-refractivity contribution in [2.75, 3.05) is 7.05 Å². The van der Waals surface area contributed by atoms with E-state index in [1.807, 2.05) is 12.1 Å². The Morgan fingerprint density at radius 1 is 1.27 bits per heavy atom. The first kappa shape index (κ1) is 21.5. The van der Waals surface area contributed by atoms with Crippen LogP contribution in [-0.2, 0) is 14.4 Å². The zero-order valence-corrected chi connectivity index (χ0v) is 17.4. The van der Waals surface area contributed by atoms with Gasteiger partial charge in [0, 0.05) is 34.1 Å². The molecule has 2 atom stereocenters. The van der Waals surface area contributed by atoms with Gasteiger partial charge >= 0.3 is 12.0 Å². The van der Waals surface area contributed by atoms with Gasteiger partial charge in [-0.2, -0.15) is 0 Å². The number of thiophene rings is 1. The first-order valence-corrected chi connectivity index (χ1v) is 10.1. The third-order valence-corrected chi connectivity index (χ3v) is 5.86. The lowest BCUT2D eigenvalue weighted by atomic mass is 10.1. The number of aliphatic carboxylic acids is 1. The van der Waals surface area contributed by atoms with Gasteiger partial charge in [0.2, 0.25) is 0 Å². The van der Waals surface area contributed by atoms with Crippen molar-refractivity contribution in [3.05, 3.63) is 58.6 Å². The summed E-state index contributed by atoms with van der Waals surface area (Å²) in [6.45, 7) is 0. The zero-order chi connectivity index (χ0) is 21.8. The van der Waals surface area contributed by atoms with E-state index in [1.165, 1.54) is 35.6 Å². The standard InChI is InChI=1S/C20H18ClN3O5S/c1-24-8-7-14(25)18(19(24)28)23-20(29)22-13(10-17(26)27)16-6-5-15(30-16)11-3-2-4-12(21)9-11/h2-9,13,18H,10H2,1H3,(H,26,27)(H2,22,23,29). The van der Waals surface area contributed by atoms with Crippen LogP contribution in [0.2, 0.25) is 5.02 Å². The topological polar surface area (TPSA) is 116 Å². The van der Waals surface area contributed by atoms with Gasteiger partial charge in [0.1, 0.15) is 0 Å². The summed E-state index contributed by atoms with van der Waals surface area (Å²) in [6, 6.07) is 7.75. The van der Waals surface area contributed by atoms with Crippen LogP contribution in [0.25, 0.3) is 10.4 Å². The summed E-state index contributed by atoms with van der Waals surface area (Å²) in [4.78, 5) is 50.4. The van der Waals surface area contributed by atoms with E-state index in [0.717, 1.165) is 10.4 Å². The molecule has 156 valence electrons. The number of amides is 3. The molecular formula is C20H18ClN3O5S. The number of ketones is 1. The molecule has 2 aromatic rings. The molecule has 0 aliphatic carbocycles. The minimum atomic E-state index is -1.35. The summed E-state index contributed by atoms with van der Waals surface area (Å²) in [6.07, 6.45) is 2.14. The average Bonchev–Trinajstić information content (AvgIpc) is 3.18. The number of carboxylic acids is 1. The molecule has 0 radical (unpaired) electrons. The number of hydrogen-bond donors (Lipinski definition) is 3. The van der Waals surface area contributed by atoms with Crippen molar-refractivity contribution in [2.45, 2.75) is 18.5 Å². The Bertz CT molecular complexity index is 1030. The van der Waals surface area contributed by atoms with Crippen LogP contribution in [0.4, 0.5) is 4.79 Å². The molecule has 1 aromatic heterocycles. The predicted octanol–water partition coefficient (Wildman–Crippen LogP) is 2.81. The fourth-order valence-electron chi connectivity index (χ4n) is 2.88. The highest BCUT2D eigenvalue weighted by atomic mass is 35.5. The van der Waals surface area contributed by atoms with E-state index in [9.17, 15) is 24.3 Å². The fraction of sp³-hybridized carbons (Fsp3) is 0.200. The molecule has 0 spiro atoms. The SMILES string of the molecule is CN1C=CC(=O)C(NC(=O)NC(CC(=O)O)c2ccc(-c3cccc(Cl)c3)s2)C1=O. The summed E-state index contributed by atoms with van der Waals surface area (Å²) in [7, 11) is 1.47. The normalized spacial score (nSPS) is 17.0. The van der Waals surface area contributed by atoms with Crippen LogP contribution in [0.15, 0.2) is 48.7 Å². The van der Waals surface area contributed by atoms with Gasteiger partial charge in [0.15, 0.2) is 11.8 Å². The highest BCUT2D eigenvalue weighted by Gasteiger charge is 2.32. The molecule has 0 fully saturated rings. The summed E-state index contributed by atoms with van der Waals surface area (Å²) in [5.41, 5.74) is 0.866. The van der Waals surface area contributed by atoms with E-state index in [0.29, 0.717) is 9.90 Å². The highest BCUT2D eigenvalue weighted by molar-refractivity contribution is 7.15. The van der Waals surface area contributed by atoms with Crippen LogP contribution in [0, 0.1) is 0 Å². The number of halogens is 1. The first-order chi connectivity index (χ1) is 14.2. The maximum Gasteiger partial charge on any atom is 0.316 e. The van der Waals surface area contributed by atoms with Gasteiger partial charge in [-0.1, -0.05) is 23.7 Å². The summed E-state index contributed by atoms with van der Waals surface area (Å²) < 4.78 is 0. The Hall–Kier alpha value is -3.17. The molecule has 0 saturated heterocycles. The zero-order valence-electron chi connectivity index (χ0n) is 15.8. The number of rotatable bonds is 6. The third kappa shape index (κ3) is 5.05. The van der Waals surface area contributed by atoms with Crippen LogP contribution in [0.3, 0.4) is 0 Å². The number of hydrogen-bond acceptors (Lipinski definition) is 5. The van der Waals surface area contributed by atoms with Crippen molar-refractivity contribution in [1.29, 1.82) is 0 Å². The summed E-state index contributed by atoms with van der Waals surface area (Å²) in [5, 5.41) is 14.7. The van der Waals surface area contributed by atoms with Gasteiger partial charge < -0.3 is 20.6 Å². The van der Waals surface area contributed by atoms with Crippen LogP contribution >= 0.6 is 22.9 Å². The third-order valence-electron chi connectivity index (χ3n) is 4.38. The lowest BCUT2D eigenvalue weighted by Crippen LogP contribution is -2.55. The lowest BCUT2D eigenvalue weighted by molar-refractivity contribution is -0.138. The Kier molecular flexibility index (Phi) is 6.53. The molecule has 3 rings (SSSR count). The summed E-state index contributed by atoms with van der Waals surface area (Å²) >= 11 is 7.34. The minimum Gasteiger partial charge on any atom is -0.481 e. The Labute approximate surface area is 181 Å². The molecule has 8 nitrogen and oxygen atoms in total. The van der Waals surface area contributed by atoms with Gasteiger partial charge in [0.25, 0.3) is 5.91 Å². The molecule has 2 unspecified atom stereocenters.